The van der Waals surface area contributed by atoms with Crippen LogP contribution in [0.5, 0.6) is 11.5 Å². The van der Waals surface area contributed by atoms with E-state index in [1.807, 2.05) is 51.0 Å². The predicted molar refractivity (Wildman–Crippen MR) is 179 cm³/mol. The number of nitrogens with zero attached hydrogens (tertiary/aromatic N) is 3. The molecule has 5 rings (SSSR count). The molecule has 1 N–H and O–H groups in total. The van der Waals surface area contributed by atoms with Crippen LogP contribution in [0.25, 0.3) is 22.2 Å². The third-order valence-electron chi connectivity index (χ3n) is 7.89. The lowest BCUT2D eigenvalue weighted by Gasteiger charge is -2.19. The number of aromatic amines is 1. The van der Waals surface area contributed by atoms with Gasteiger partial charge < -0.3 is 28.7 Å². The van der Waals surface area contributed by atoms with Crippen molar-refractivity contribution in [3.8, 4) is 28.8 Å². The van der Waals surface area contributed by atoms with Gasteiger partial charge in [-0.1, -0.05) is 23.8 Å². The number of fused-ring (bicyclic) bond motifs is 1. The first-order chi connectivity index (χ1) is 23.3. The fraction of sp³-hybridized carbons (Fsp3) is 0.270. The van der Waals surface area contributed by atoms with Crippen molar-refractivity contribution < 1.29 is 32.2 Å². The van der Waals surface area contributed by atoms with Crippen molar-refractivity contribution in [3.05, 3.63) is 117 Å². The van der Waals surface area contributed by atoms with Crippen LogP contribution in [-0.4, -0.2) is 60.9 Å². The quantitative estimate of drug-likeness (QED) is 0.111. The Balaban J connectivity index is 1.36. The monoisotopic (exact) mass is 672 g/mol. The summed E-state index contributed by atoms with van der Waals surface area (Å²) >= 11 is 0. The van der Waals surface area contributed by atoms with Crippen LogP contribution in [0.3, 0.4) is 0 Å². The van der Waals surface area contributed by atoms with E-state index in [4.69, 9.17) is 14.2 Å². The zero-order valence-corrected chi connectivity index (χ0v) is 27.5. The topological polar surface area (TPSA) is 110 Å². The normalized spacial score (nSPS) is 11.6. The highest BCUT2D eigenvalue weighted by molar-refractivity contribution is 5.95. The Morgan fingerprint density at radius 2 is 1.67 bits per heavy atom. The van der Waals surface area contributed by atoms with Gasteiger partial charge in [-0.05, 0) is 99.2 Å². The minimum Gasteiger partial charge on any atom is -0.459 e. The molecule has 0 amide bonds. The van der Waals surface area contributed by atoms with Gasteiger partial charge in [-0.25, -0.2) is 4.79 Å². The molecule has 12 heteroatoms. The third-order valence-corrected chi connectivity index (χ3v) is 7.89. The van der Waals surface area contributed by atoms with Gasteiger partial charge in [0.25, 0.3) is 5.56 Å². The molecule has 0 spiro atoms. The van der Waals surface area contributed by atoms with Crippen LogP contribution in [0.2, 0.25) is 0 Å². The maximum Gasteiger partial charge on any atom is 0.417 e. The van der Waals surface area contributed by atoms with E-state index >= 15 is 0 Å². The first-order valence-electron chi connectivity index (χ1n) is 15.5. The molecule has 254 valence electrons. The van der Waals surface area contributed by atoms with Crippen molar-refractivity contribution in [1.82, 2.24) is 14.5 Å². The summed E-state index contributed by atoms with van der Waals surface area (Å²) in [6.07, 6.45) is -4.91. The molecule has 2 heterocycles. The second-order valence-corrected chi connectivity index (χ2v) is 11.9. The number of hydrogen-bond donors (Lipinski definition) is 1. The molecule has 3 aromatic carbocycles. The van der Waals surface area contributed by atoms with Crippen LogP contribution >= 0.6 is 0 Å². The smallest absolute Gasteiger partial charge is 0.417 e. The molecule has 9 nitrogen and oxygen atoms in total. The maximum atomic E-state index is 14.0. The summed E-state index contributed by atoms with van der Waals surface area (Å²) in [7, 11) is 3.88. The molecule has 49 heavy (non-hydrogen) atoms. The van der Waals surface area contributed by atoms with Crippen molar-refractivity contribution in [2.45, 2.75) is 26.6 Å². The largest absolute Gasteiger partial charge is 0.459 e. The maximum absolute atomic E-state index is 14.0. The number of carbonyl (C=O) groups is 1. The zero-order valence-electron chi connectivity index (χ0n) is 27.5. The van der Waals surface area contributed by atoms with Crippen LogP contribution in [0, 0.1) is 25.2 Å². The first kappa shape index (κ1) is 34.9. The van der Waals surface area contributed by atoms with Gasteiger partial charge in [0.1, 0.15) is 35.4 Å². The average molecular weight is 673 g/mol. The second kappa shape index (κ2) is 14.8. The Morgan fingerprint density at radius 3 is 2.35 bits per heavy atom. The molecule has 0 atom stereocenters. The van der Waals surface area contributed by atoms with Gasteiger partial charge in [0, 0.05) is 17.4 Å². The molecule has 0 bridgehead atoms. The fourth-order valence-electron chi connectivity index (χ4n) is 5.30. The molecule has 2 aromatic heterocycles. The molecule has 0 radical (unpaired) electrons. The molecule has 0 saturated carbocycles. The lowest BCUT2D eigenvalue weighted by molar-refractivity contribution is -0.137. The van der Waals surface area contributed by atoms with Crippen LogP contribution < -0.4 is 10.3 Å². The van der Waals surface area contributed by atoms with Gasteiger partial charge in [0.2, 0.25) is 0 Å². The number of pyridine rings is 1. The second-order valence-electron chi connectivity index (χ2n) is 11.9. The Labute approximate surface area is 281 Å². The van der Waals surface area contributed by atoms with E-state index in [9.17, 15) is 28.0 Å². The minimum atomic E-state index is -4.91. The first-order valence-corrected chi connectivity index (χ1v) is 15.5. The summed E-state index contributed by atoms with van der Waals surface area (Å²) in [4.78, 5) is 30.9. The number of likely N-dealkylation sites (N-methyl/N-ethyl adjacent to an activating group) is 1. The van der Waals surface area contributed by atoms with Crippen molar-refractivity contribution in [2.75, 3.05) is 40.5 Å². The molecule has 0 aliphatic carbocycles. The van der Waals surface area contributed by atoms with E-state index in [0.717, 1.165) is 29.3 Å². The van der Waals surface area contributed by atoms with Crippen LogP contribution in [-0.2, 0) is 22.2 Å². The zero-order chi connectivity index (χ0) is 35.3. The third kappa shape index (κ3) is 8.38. The molecular weight excluding hydrogens is 637 g/mol. The van der Waals surface area contributed by atoms with Crippen molar-refractivity contribution in [3.63, 3.8) is 0 Å². The van der Waals surface area contributed by atoms with Gasteiger partial charge in [-0.2, -0.15) is 18.4 Å². The molecule has 5 aromatic rings. The number of nitriles is 1. The average Bonchev–Trinajstić information content (AvgIpc) is 3.48. The Hall–Kier alpha value is -5.38. The van der Waals surface area contributed by atoms with Gasteiger partial charge in [0.15, 0.2) is 0 Å². The predicted octanol–water partition coefficient (Wildman–Crippen LogP) is 7.08. The number of H-pyrrole nitrogens is 1. The van der Waals surface area contributed by atoms with Gasteiger partial charge in [-0.3, -0.25) is 4.79 Å². The van der Waals surface area contributed by atoms with Crippen molar-refractivity contribution in [2.24, 2.45) is 0 Å². The van der Waals surface area contributed by atoms with Gasteiger partial charge >= 0.3 is 12.1 Å². The van der Waals surface area contributed by atoms with E-state index in [-0.39, 0.29) is 31.1 Å². The van der Waals surface area contributed by atoms with Crippen molar-refractivity contribution in [1.29, 1.82) is 5.26 Å². The van der Waals surface area contributed by atoms with Crippen molar-refractivity contribution >= 4 is 16.9 Å². The van der Waals surface area contributed by atoms with Gasteiger partial charge in [0.05, 0.1) is 31.0 Å². The lowest BCUT2D eigenvalue weighted by Crippen LogP contribution is -2.29. The van der Waals surface area contributed by atoms with Crippen LogP contribution in [0.1, 0.15) is 38.3 Å². The van der Waals surface area contributed by atoms with E-state index in [1.54, 1.807) is 48.5 Å². The van der Waals surface area contributed by atoms with Crippen LogP contribution in [0.15, 0.2) is 77.6 Å². The molecule has 0 saturated heterocycles. The standard InChI is InChI=1S/C37H35F3N4O5/c1-23-5-6-26(24(2)17-23)22-44-34(20-31(37(38,39)40)30(21-41)35(44)45)25-7-9-28(10-8-25)49-29-11-12-32-27(18-29)19-33(42-32)36(46)48-16-15-47-14-13-43(3)4/h5-12,17-20,42H,13-16,22H2,1-4H3. The number of alkyl halides is 3. The van der Waals surface area contributed by atoms with E-state index < -0.39 is 28.8 Å². The number of nitrogens with one attached hydrogen (secondary N) is 1. The SMILES string of the molecule is Cc1ccc(Cn2c(-c3ccc(Oc4ccc5[nH]c(C(=O)OCCOCCN(C)C)cc5c4)cc3)cc(C(F)(F)F)c(C#N)c2=O)c(C)c1. The highest BCUT2D eigenvalue weighted by atomic mass is 19.4. The van der Waals surface area contributed by atoms with E-state index in [0.29, 0.717) is 34.6 Å². The number of carbonyl (C=O) groups excluding carboxylic acids is 1. The minimum absolute atomic E-state index is 0.0103. The fourth-order valence-corrected chi connectivity index (χ4v) is 5.30. The number of aryl methyl sites for hydroxylation is 2. The number of ether oxygens (including phenoxy) is 3. The molecule has 0 aliphatic heterocycles. The molecule has 0 unspecified atom stereocenters. The highest BCUT2D eigenvalue weighted by Crippen LogP contribution is 2.35. The number of esters is 1. The van der Waals surface area contributed by atoms with E-state index in [2.05, 4.69) is 4.98 Å². The number of hydrogen-bond acceptors (Lipinski definition) is 7. The lowest BCUT2D eigenvalue weighted by atomic mass is 10.0. The number of halogens is 3. The van der Waals surface area contributed by atoms with E-state index in [1.165, 1.54) is 10.6 Å². The Morgan fingerprint density at radius 1 is 0.939 bits per heavy atom. The number of aromatic nitrogens is 2. The number of benzene rings is 3. The molecule has 0 fully saturated rings. The Bertz CT molecular complexity index is 2080. The molecule has 0 aliphatic rings. The summed E-state index contributed by atoms with van der Waals surface area (Å²) in [5, 5.41) is 10.2. The highest BCUT2D eigenvalue weighted by Gasteiger charge is 2.36. The Kier molecular flexibility index (Phi) is 10.6. The number of rotatable bonds is 12. The summed E-state index contributed by atoms with van der Waals surface area (Å²) < 4.78 is 60.0. The summed E-state index contributed by atoms with van der Waals surface area (Å²) in [6.45, 7) is 5.45. The van der Waals surface area contributed by atoms with Crippen LogP contribution in [0.4, 0.5) is 13.2 Å². The molecular formula is C37H35F3N4O5. The van der Waals surface area contributed by atoms with Gasteiger partial charge in [-0.15, -0.1) is 0 Å². The summed E-state index contributed by atoms with van der Waals surface area (Å²) in [5.41, 5.74) is 0.642. The summed E-state index contributed by atoms with van der Waals surface area (Å²) in [5.74, 6) is 0.330. The summed E-state index contributed by atoms with van der Waals surface area (Å²) in [6, 6.07) is 21.0.